The van der Waals surface area contributed by atoms with Gasteiger partial charge in [-0.3, -0.25) is 4.79 Å². The lowest BCUT2D eigenvalue weighted by molar-refractivity contribution is 0.0304. The Labute approximate surface area is 163 Å². The van der Waals surface area contributed by atoms with Crippen molar-refractivity contribution in [3.8, 4) is 22.8 Å². The number of amides is 1. The normalized spacial score (nSPS) is 14.1. The number of pyridine rings is 1. The van der Waals surface area contributed by atoms with Gasteiger partial charge in [0.1, 0.15) is 11.5 Å². The fourth-order valence-electron chi connectivity index (χ4n) is 3.44. The molecule has 1 aliphatic rings. The van der Waals surface area contributed by atoms with Gasteiger partial charge in [0.15, 0.2) is 0 Å². The fraction of sp³-hybridized carbons (Fsp3) is 0.273. The lowest BCUT2D eigenvalue weighted by Crippen LogP contribution is -2.40. The summed E-state index contributed by atoms with van der Waals surface area (Å²) in [6.45, 7) is 2.30. The van der Waals surface area contributed by atoms with E-state index in [9.17, 15) is 4.79 Å². The van der Waals surface area contributed by atoms with E-state index in [4.69, 9.17) is 19.2 Å². The van der Waals surface area contributed by atoms with E-state index in [1.54, 1.807) is 14.2 Å². The molecule has 0 saturated carbocycles. The van der Waals surface area contributed by atoms with Crippen LogP contribution >= 0.6 is 0 Å². The zero-order chi connectivity index (χ0) is 19.5. The second kappa shape index (κ2) is 7.86. The van der Waals surface area contributed by atoms with Crippen molar-refractivity contribution in [2.24, 2.45) is 0 Å². The lowest BCUT2D eigenvalue weighted by atomic mass is 10.0. The fourth-order valence-corrected chi connectivity index (χ4v) is 3.44. The second-order valence-electron chi connectivity index (χ2n) is 6.54. The van der Waals surface area contributed by atoms with E-state index in [1.807, 2.05) is 53.4 Å². The summed E-state index contributed by atoms with van der Waals surface area (Å²) in [6.07, 6.45) is 0. The van der Waals surface area contributed by atoms with Crippen molar-refractivity contribution in [3.63, 3.8) is 0 Å². The summed E-state index contributed by atoms with van der Waals surface area (Å²) in [5.41, 5.74) is 2.85. The van der Waals surface area contributed by atoms with E-state index in [2.05, 4.69) is 0 Å². The van der Waals surface area contributed by atoms with Crippen molar-refractivity contribution in [1.82, 2.24) is 9.88 Å². The number of hydrogen-bond acceptors (Lipinski definition) is 5. The predicted octanol–water partition coefficient (Wildman–Crippen LogP) is 3.39. The number of rotatable bonds is 4. The summed E-state index contributed by atoms with van der Waals surface area (Å²) in [5, 5.41) is 0.838. The highest BCUT2D eigenvalue weighted by atomic mass is 16.5. The SMILES string of the molecule is COc1ccc(OC)c(-c2cc(C(=O)N3CCOCC3)c3ccccc3n2)c1. The number of methoxy groups -OCH3 is 2. The van der Waals surface area contributed by atoms with Crippen LogP contribution in [0.2, 0.25) is 0 Å². The molecule has 28 heavy (non-hydrogen) atoms. The number of carbonyl (C=O) groups is 1. The Morgan fingerprint density at radius 2 is 1.82 bits per heavy atom. The first-order valence-electron chi connectivity index (χ1n) is 9.20. The molecule has 2 heterocycles. The summed E-state index contributed by atoms with van der Waals surface area (Å²) in [6, 6.07) is 15.1. The molecule has 1 aliphatic heterocycles. The molecule has 0 unspecified atom stereocenters. The maximum Gasteiger partial charge on any atom is 0.254 e. The molecule has 1 saturated heterocycles. The van der Waals surface area contributed by atoms with Crippen molar-refractivity contribution in [2.45, 2.75) is 0 Å². The Kier molecular flexibility index (Phi) is 5.12. The third kappa shape index (κ3) is 3.39. The van der Waals surface area contributed by atoms with Gasteiger partial charge >= 0.3 is 0 Å². The molecule has 3 aromatic rings. The minimum atomic E-state index is -0.00925. The van der Waals surface area contributed by atoms with E-state index in [0.717, 1.165) is 16.5 Å². The van der Waals surface area contributed by atoms with Gasteiger partial charge in [-0.25, -0.2) is 4.98 Å². The first kappa shape index (κ1) is 18.3. The predicted molar refractivity (Wildman–Crippen MR) is 107 cm³/mol. The maximum absolute atomic E-state index is 13.3. The average Bonchev–Trinajstić information content (AvgIpc) is 2.78. The minimum Gasteiger partial charge on any atom is -0.497 e. The number of ether oxygens (including phenoxy) is 3. The third-order valence-electron chi connectivity index (χ3n) is 4.93. The largest absolute Gasteiger partial charge is 0.497 e. The third-order valence-corrected chi connectivity index (χ3v) is 4.93. The summed E-state index contributed by atoms with van der Waals surface area (Å²) < 4.78 is 16.3. The maximum atomic E-state index is 13.3. The number of benzene rings is 2. The van der Waals surface area contributed by atoms with Crippen LogP contribution in [0.1, 0.15) is 10.4 Å². The van der Waals surface area contributed by atoms with Gasteiger partial charge in [-0.1, -0.05) is 18.2 Å². The standard InChI is InChI=1S/C22H22N2O4/c1-26-15-7-8-21(27-2)18(13-15)20-14-17(16-5-3-4-6-19(16)23-20)22(25)24-9-11-28-12-10-24/h3-8,13-14H,9-12H2,1-2H3. The first-order valence-corrected chi connectivity index (χ1v) is 9.20. The van der Waals surface area contributed by atoms with Crippen LogP contribution in [-0.4, -0.2) is 56.3 Å². The molecule has 0 atom stereocenters. The number of morpholine rings is 1. The van der Waals surface area contributed by atoms with Gasteiger partial charge in [0.05, 0.1) is 44.2 Å². The van der Waals surface area contributed by atoms with Crippen LogP contribution in [0.5, 0.6) is 11.5 Å². The summed E-state index contributed by atoms with van der Waals surface area (Å²) >= 11 is 0. The molecule has 4 rings (SSSR count). The smallest absolute Gasteiger partial charge is 0.254 e. The second-order valence-corrected chi connectivity index (χ2v) is 6.54. The Balaban J connectivity index is 1.88. The van der Waals surface area contributed by atoms with Gasteiger partial charge in [-0.15, -0.1) is 0 Å². The molecule has 6 nitrogen and oxygen atoms in total. The van der Waals surface area contributed by atoms with Crippen LogP contribution in [0.15, 0.2) is 48.5 Å². The van der Waals surface area contributed by atoms with Crippen LogP contribution in [0.25, 0.3) is 22.2 Å². The molecule has 144 valence electrons. The molecule has 1 aromatic heterocycles. The number of fused-ring (bicyclic) bond motifs is 1. The zero-order valence-corrected chi connectivity index (χ0v) is 16.0. The lowest BCUT2D eigenvalue weighted by Gasteiger charge is -2.27. The van der Waals surface area contributed by atoms with E-state index < -0.39 is 0 Å². The van der Waals surface area contributed by atoms with E-state index in [0.29, 0.717) is 49.1 Å². The van der Waals surface area contributed by atoms with Crippen molar-refractivity contribution in [3.05, 3.63) is 54.1 Å². The molecular weight excluding hydrogens is 356 g/mol. The number of carbonyl (C=O) groups excluding carboxylic acids is 1. The van der Waals surface area contributed by atoms with Crippen LogP contribution < -0.4 is 9.47 Å². The molecule has 6 heteroatoms. The minimum absolute atomic E-state index is 0.00925. The molecule has 0 aliphatic carbocycles. The summed E-state index contributed by atoms with van der Waals surface area (Å²) in [7, 11) is 3.24. The summed E-state index contributed by atoms with van der Waals surface area (Å²) in [4.78, 5) is 19.9. The first-order chi connectivity index (χ1) is 13.7. The van der Waals surface area contributed by atoms with Crippen molar-refractivity contribution < 1.29 is 19.0 Å². The topological polar surface area (TPSA) is 60.9 Å². The van der Waals surface area contributed by atoms with Crippen molar-refractivity contribution in [1.29, 1.82) is 0 Å². The van der Waals surface area contributed by atoms with Crippen LogP contribution in [0, 0.1) is 0 Å². The Bertz CT molecular complexity index is 1010. The van der Waals surface area contributed by atoms with E-state index in [1.165, 1.54) is 0 Å². The van der Waals surface area contributed by atoms with Crippen LogP contribution in [0.3, 0.4) is 0 Å². The molecule has 0 radical (unpaired) electrons. The van der Waals surface area contributed by atoms with E-state index in [-0.39, 0.29) is 5.91 Å². The Hall–Kier alpha value is -3.12. The monoisotopic (exact) mass is 378 g/mol. The molecule has 0 N–H and O–H groups in total. The average molecular weight is 378 g/mol. The van der Waals surface area contributed by atoms with Crippen LogP contribution in [-0.2, 0) is 4.74 Å². The number of para-hydroxylation sites is 1. The quantitative estimate of drug-likeness (QED) is 0.696. The molecule has 0 spiro atoms. The van der Waals surface area contributed by atoms with Gasteiger partial charge < -0.3 is 19.1 Å². The molecule has 2 aromatic carbocycles. The van der Waals surface area contributed by atoms with Crippen LogP contribution in [0.4, 0.5) is 0 Å². The molecule has 1 fully saturated rings. The van der Waals surface area contributed by atoms with Crippen molar-refractivity contribution in [2.75, 3.05) is 40.5 Å². The van der Waals surface area contributed by atoms with Gasteiger partial charge in [-0.05, 0) is 30.3 Å². The highest BCUT2D eigenvalue weighted by Gasteiger charge is 2.22. The molecule has 0 bridgehead atoms. The highest BCUT2D eigenvalue weighted by molar-refractivity contribution is 6.07. The van der Waals surface area contributed by atoms with Crippen molar-refractivity contribution >= 4 is 16.8 Å². The van der Waals surface area contributed by atoms with Gasteiger partial charge in [0.2, 0.25) is 0 Å². The summed E-state index contributed by atoms with van der Waals surface area (Å²) in [5.74, 6) is 1.37. The number of hydrogen-bond donors (Lipinski definition) is 0. The van der Waals surface area contributed by atoms with Gasteiger partial charge in [0, 0.05) is 24.0 Å². The number of nitrogens with zero attached hydrogens (tertiary/aromatic N) is 2. The molecular formula is C22H22N2O4. The highest BCUT2D eigenvalue weighted by Crippen LogP contribution is 2.34. The van der Waals surface area contributed by atoms with E-state index >= 15 is 0 Å². The zero-order valence-electron chi connectivity index (χ0n) is 16.0. The Morgan fingerprint density at radius 1 is 1.04 bits per heavy atom. The Morgan fingerprint density at radius 3 is 2.57 bits per heavy atom. The molecule has 1 amide bonds. The van der Waals surface area contributed by atoms with Gasteiger partial charge in [-0.2, -0.15) is 0 Å². The van der Waals surface area contributed by atoms with Gasteiger partial charge in [0.25, 0.3) is 5.91 Å². The number of aromatic nitrogens is 1.